The lowest BCUT2D eigenvalue weighted by Crippen LogP contribution is -2.44. The van der Waals surface area contributed by atoms with Crippen molar-refractivity contribution >= 4 is 5.52 Å². The molecule has 6 rings (SSSR count). The summed E-state index contributed by atoms with van der Waals surface area (Å²) < 4.78 is 1.91. The van der Waals surface area contributed by atoms with Gasteiger partial charge in [-0.15, -0.1) is 0 Å². The van der Waals surface area contributed by atoms with Crippen molar-refractivity contribution in [2.45, 2.75) is 70.8 Å². The fraction of sp³-hybridized carbons (Fsp3) is 0.654. The quantitative estimate of drug-likeness (QED) is 0.639. The molecule has 1 saturated heterocycles. The van der Waals surface area contributed by atoms with E-state index in [2.05, 4.69) is 40.6 Å². The number of nitrogens with zero attached hydrogens (tertiary/aromatic N) is 6. The van der Waals surface area contributed by atoms with Crippen molar-refractivity contribution in [1.29, 1.82) is 0 Å². The Morgan fingerprint density at radius 1 is 1.03 bits per heavy atom. The van der Waals surface area contributed by atoms with E-state index in [-0.39, 0.29) is 16.9 Å². The largest absolute Gasteiger partial charge is 0.307 e. The van der Waals surface area contributed by atoms with E-state index < -0.39 is 0 Å². The van der Waals surface area contributed by atoms with E-state index >= 15 is 0 Å². The molecule has 4 atom stereocenters. The fourth-order valence-corrected chi connectivity index (χ4v) is 7.59. The van der Waals surface area contributed by atoms with Crippen LogP contribution in [0, 0.1) is 23.7 Å². The van der Waals surface area contributed by atoms with Gasteiger partial charge in [0.25, 0.3) is 5.56 Å². The van der Waals surface area contributed by atoms with Gasteiger partial charge < -0.3 is 4.98 Å². The first kappa shape index (κ1) is 21.9. The summed E-state index contributed by atoms with van der Waals surface area (Å²) in [6, 6.07) is 1.84. The highest BCUT2D eigenvalue weighted by Crippen LogP contribution is 2.53. The molecule has 3 aromatic heterocycles. The maximum Gasteiger partial charge on any atom is 0.276 e. The smallest absolute Gasteiger partial charge is 0.276 e. The zero-order valence-electron chi connectivity index (χ0n) is 20.4. The van der Waals surface area contributed by atoms with Crippen molar-refractivity contribution in [1.82, 2.24) is 34.4 Å². The summed E-state index contributed by atoms with van der Waals surface area (Å²) in [5.41, 5.74) is 0.519. The maximum atomic E-state index is 13.1. The highest BCUT2D eigenvalue weighted by molar-refractivity contribution is 5.43. The Bertz CT molecular complexity index is 1220. The van der Waals surface area contributed by atoms with Gasteiger partial charge in [-0.25, -0.2) is 19.5 Å². The summed E-state index contributed by atoms with van der Waals surface area (Å²) in [5, 5.41) is 5.08. The number of likely N-dealkylation sites (tertiary alicyclic amines) is 1. The number of hydrogen-bond acceptors (Lipinski definition) is 6. The van der Waals surface area contributed by atoms with Crippen molar-refractivity contribution in [3.8, 4) is 0 Å². The minimum absolute atomic E-state index is 0.0302. The number of H-pyrrole nitrogens is 1. The first-order valence-electron chi connectivity index (χ1n) is 12.9. The van der Waals surface area contributed by atoms with Crippen LogP contribution in [0.15, 0.2) is 29.5 Å². The molecule has 4 unspecified atom stereocenters. The average molecular weight is 462 g/mol. The molecule has 2 saturated carbocycles. The van der Waals surface area contributed by atoms with Crippen LogP contribution >= 0.6 is 0 Å². The molecule has 1 N–H and O–H groups in total. The molecule has 34 heavy (non-hydrogen) atoms. The monoisotopic (exact) mass is 461 g/mol. The first-order valence-corrected chi connectivity index (χ1v) is 12.9. The van der Waals surface area contributed by atoms with Gasteiger partial charge in [0, 0.05) is 36.8 Å². The van der Waals surface area contributed by atoms with Crippen LogP contribution in [0.5, 0.6) is 0 Å². The van der Waals surface area contributed by atoms with E-state index in [9.17, 15) is 4.79 Å². The second kappa shape index (κ2) is 8.26. The Morgan fingerprint density at radius 3 is 2.50 bits per heavy atom. The molecule has 2 aliphatic carbocycles. The van der Waals surface area contributed by atoms with Crippen LogP contribution in [0.2, 0.25) is 0 Å². The van der Waals surface area contributed by atoms with Gasteiger partial charge in [0.15, 0.2) is 5.52 Å². The molecule has 3 fully saturated rings. The Labute approximate surface area is 200 Å². The fourth-order valence-electron chi connectivity index (χ4n) is 7.59. The van der Waals surface area contributed by atoms with Crippen LogP contribution in [-0.2, 0) is 12.0 Å². The van der Waals surface area contributed by atoms with Crippen LogP contribution in [0.1, 0.15) is 76.3 Å². The number of hydrogen-bond donors (Lipinski definition) is 1. The molecule has 0 radical (unpaired) electrons. The van der Waals surface area contributed by atoms with Crippen molar-refractivity contribution in [3.63, 3.8) is 0 Å². The third kappa shape index (κ3) is 3.76. The van der Waals surface area contributed by atoms with Gasteiger partial charge in [-0.2, -0.15) is 5.10 Å². The van der Waals surface area contributed by atoms with Gasteiger partial charge >= 0.3 is 0 Å². The van der Waals surface area contributed by atoms with E-state index in [0.717, 1.165) is 49.3 Å². The molecule has 2 bridgehead atoms. The zero-order valence-corrected chi connectivity index (χ0v) is 20.4. The topological polar surface area (TPSA) is 92.1 Å². The lowest BCUT2D eigenvalue weighted by Gasteiger charge is -2.49. The molecule has 8 nitrogen and oxygen atoms in total. The van der Waals surface area contributed by atoms with E-state index in [1.807, 2.05) is 10.6 Å². The predicted octanol–water partition coefficient (Wildman–Crippen LogP) is 3.55. The highest BCUT2D eigenvalue weighted by atomic mass is 16.1. The van der Waals surface area contributed by atoms with Crippen LogP contribution in [0.25, 0.3) is 5.52 Å². The highest BCUT2D eigenvalue weighted by Gasteiger charge is 2.48. The molecule has 0 aromatic carbocycles. The number of aromatic amines is 1. The Balaban J connectivity index is 1.35. The van der Waals surface area contributed by atoms with Crippen molar-refractivity contribution in [2.24, 2.45) is 23.7 Å². The number of fused-ring (bicyclic) bond motifs is 3. The Hall–Kier alpha value is -2.61. The molecule has 4 heterocycles. The third-order valence-corrected chi connectivity index (χ3v) is 8.55. The number of rotatable bonds is 4. The number of aromatic nitrogens is 6. The van der Waals surface area contributed by atoms with Gasteiger partial charge in [-0.3, -0.25) is 9.69 Å². The van der Waals surface area contributed by atoms with E-state index in [1.54, 1.807) is 18.6 Å². The van der Waals surface area contributed by atoms with Crippen LogP contribution < -0.4 is 5.56 Å². The second-order valence-corrected chi connectivity index (χ2v) is 11.6. The summed E-state index contributed by atoms with van der Waals surface area (Å²) in [5.74, 6) is 5.28. The summed E-state index contributed by atoms with van der Waals surface area (Å²) in [6.07, 6.45) is 11.4. The van der Waals surface area contributed by atoms with Crippen molar-refractivity contribution in [3.05, 3.63) is 52.5 Å². The normalized spacial score (nSPS) is 34.0. The molecular formula is C26H35N7O. The predicted molar refractivity (Wildman–Crippen MR) is 129 cm³/mol. The van der Waals surface area contributed by atoms with Crippen LogP contribution in [0.4, 0.5) is 0 Å². The molecule has 0 spiro atoms. The molecule has 3 aromatic rings. The number of nitrogens with one attached hydrogen (secondary N) is 1. The van der Waals surface area contributed by atoms with Gasteiger partial charge in [-0.05, 0) is 61.8 Å². The Kier molecular flexibility index (Phi) is 5.32. The minimum Gasteiger partial charge on any atom is -0.307 e. The van der Waals surface area contributed by atoms with Crippen molar-refractivity contribution in [2.75, 3.05) is 13.1 Å². The van der Waals surface area contributed by atoms with Crippen LogP contribution in [-0.4, -0.2) is 47.5 Å². The van der Waals surface area contributed by atoms with Gasteiger partial charge in [-0.1, -0.05) is 20.8 Å². The van der Waals surface area contributed by atoms with Crippen LogP contribution in [0.3, 0.4) is 0 Å². The zero-order chi connectivity index (χ0) is 23.4. The summed E-state index contributed by atoms with van der Waals surface area (Å²) in [4.78, 5) is 32.2. The molecule has 3 aliphatic rings. The molecule has 180 valence electrons. The number of imidazole rings is 1. The minimum atomic E-state index is -0.0820. The third-order valence-electron chi connectivity index (χ3n) is 8.55. The SMILES string of the molecule is CC1CC2CC(C)CC(c3ncc4c(=O)[nH]c(C5CN(Cc6ncccn6)CC5C)nn34)(C1)C2. The van der Waals surface area contributed by atoms with Crippen molar-refractivity contribution < 1.29 is 0 Å². The van der Waals surface area contributed by atoms with E-state index in [4.69, 9.17) is 10.1 Å². The van der Waals surface area contributed by atoms with E-state index in [1.165, 1.54) is 19.3 Å². The Morgan fingerprint density at radius 2 is 1.76 bits per heavy atom. The van der Waals surface area contributed by atoms with Gasteiger partial charge in [0.05, 0.1) is 12.7 Å². The van der Waals surface area contributed by atoms with Gasteiger partial charge in [0.1, 0.15) is 17.5 Å². The molecule has 8 heteroatoms. The molecular weight excluding hydrogens is 426 g/mol. The lowest BCUT2D eigenvalue weighted by molar-refractivity contribution is 0.0708. The van der Waals surface area contributed by atoms with E-state index in [0.29, 0.717) is 29.8 Å². The summed E-state index contributed by atoms with van der Waals surface area (Å²) >= 11 is 0. The summed E-state index contributed by atoms with van der Waals surface area (Å²) in [6.45, 7) is 9.48. The standard InChI is InChI=1S/C26H35N7O/c1-16-7-19-8-17(2)10-26(9-16,11-19)25-29-12-21-24(34)30-23(31-33(21)25)20-14-32(13-18(20)3)15-22-27-5-4-6-28-22/h4-6,12,16-20H,7-11,13-15H2,1-3H3,(H,30,31,34). The lowest BCUT2D eigenvalue weighted by atomic mass is 9.56. The molecule has 1 aliphatic heterocycles. The molecule has 0 amide bonds. The summed E-state index contributed by atoms with van der Waals surface area (Å²) in [7, 11) is 0. The first-order chi connectivity index (χ1) is 16.4. The average Bonchev–Trinajstić information content (AvgIpc) is 3.37. The van der Waals surface area contributed by atoms with Gasteiger partial charge in [0.2, 0.25) is 0 Å². The second-order valence-electron chi connectivity index (χ2n) is 11.6. The maximum absolute atomic E-state index is 13.1.